The van der Waals surface area contributed by atoms with Crippen LogP contribution in [0, 0.1) is 5.41 Å². The zero-order valence-corrected chi connectivity index (χ0v) is 13.1. The van der Waals surface area contributed by atoms with Crippen LogP contribution in [0.15, 0.2) is 24.3 Å². The SMILES string of the molecule is CC(C)(CN)C(=O)Nc1ccc(C(=O)NC2CC2)cc1.Cl. The molecule has 0 unspecified atom stereocenters. The fourth-order valence-corrected chi connectivity index (χ4v) is 1.59. The van der Waals surface area contributed by atoms with E-state index in [1.165, 1.54) is 0 Å². The van der Waals surface area contributed by atoms with Crippen LogP contribution in [0.25, 0.3) is 0 Å². The van der Waals surface area contributed by atoms with Crippen LogP contribution in [-0.2, 0) is 4.79 Å². The van der Waals surface area contributed by atoms with Gasteiger partial charge in [0.05, 0.1) is 5.41 Å². The van der Waals surface area contributed by atoms with Gasteiger partial charge in [-0.25, -0.2) is 0 Å². The second kappa shape index (κ2) is 6.91. The van der Waals surface area contributed by atoms with Gasteiger partial charge in [0.15, 0.2) is 0 Å². The fraction of sp³-hybridized carbons (Fsp3) is 0.467. The molecule has 1 aliphatic rings. The van der Waals surface area contributed by atoms with Gasteiger partial charge in [0.2, 0.25) is 5.91 Å². The molecular formula is C15H22ClN3O2. The van der Waals surface area contributed by atoms with Crippen molar-refractivity contribution in [2.75, 3.05) is 11.9 Å². The minimum absolute atomic E-state index is 0. The van der Waals surface area contributed by atoms with Crippen LogP contribution in [0.1, 0.15) is 37.0 Å². The van der Waals surface area contributed by atoms with Gasteiger partial charge < -0.3 is 16.4 Å². The third kappa shape index (κ3) is 4.72. The summed E-state index contributed by atoms with van der Waals surface area (Å²) in [6.07, 6.45) is 2.13. The number of nitrogens with one attached hydrogen (secondary N) is 2. The van der Waals surface area contributed by atoms with Crippen LogP contribution in [0.2, 0.25) is 0 Å². The van der Waals surface area contributed by atoms with E-state index >= 15 is 0 Å². The molecule has 1 fully saturated rings. The Kier molecular flexibility index (Phi) is 5.75. The Balaban J connectivity index is 0.00000220. The van der Waals surface area contributed by atoms with Gasteiger partial charge in [-0.2, -0.15) is 0 Å². The van der Waals surface area contributed by atoms with Gasteiger partial charge in [-0.15, -0.1) is 12.4 Å². The summed E-state index contributed by atoms with van der Waals surface area (Å²) in [4.78, 5) is 23.8. The second-order valence-electron chi connectivity index (χ2n) is 5.87. The van der Waals surface area contributed by atoms with E-state index in [2.05, 4.69) is 10.6 Å². The normalized spacial score (nSPS) is 14.0. The maximum Gasteiger partial charge on any atom is 0.251 e. The number of carbonyl (C=O) groups is 2. The third-order valence-electron chi connectivity index (χ3n) is 3.44. The van der Waals surface area contributed by atoms with Crippen molar-refractivity contribution in [3.63, 3.8) is 0 Å². The summed E-state index contributed by atoms with van der Waals surface area (Å²) in [6, 6.07) is 7.22. The van der Waals surface area contributed by atoms with Crippen LogP contribution >= 0.6 is 12.4 Å². The largest absolute Gasteiger partial charge is 0.349 e. The number of hydrogen-bond acceptors (Lipinski definition) is 3. The lowest BCUT2D eigenvalue weighted by Crippen LogP contribution is -2.37. The van der Waals surface area contributed by atoms with Crippen molar-refractivity contribution in [1.82, 2.24) is 5.32 Å². The highest BCUT2D eigenvalue weighted by atomic mass is 35.5. The molecule has 1 aliphatic carbocycles. The first-order valence-corrected chi connectivity index (χ1v) is 6.85. The lowest BCUT2D eigenvalue weighted by atomic mass is 9.92. The summed E-state index contributed by atoms with van der Waals surface area (Å²) in [5.74, 6) is -0.192. The van der Waals surface area contributed by atoms with E-state index in [0.717, 1.165) is 12.8 Å². The first-order valence-electron chi connectivity index (χ1n) is 6.85. The van der Waals surface area contributed by atoms with Gasteiger partial charge in [0.1, 0.15) is 0 Å². The summed E-state index contributed by atoms with van der Waals surface area (Å²) in [6.45, 7) is 3.86. The number of benzene rings is 1. The molecule has 1 aromatic rings. The molecule has 21 heavy (non-hydrogen) atoms. The Hall–Kier alpha value is -1.59. The van der Waals surface area contributed by atoms with Crippen molar-refractivity contribution < 1.29 is 9.59 Å². The van der Waals surface area contributed by atoms with E-state index in [0.29, 0.717) is 17.3 Å². The number of anilines is 1. The predicted octanol–water partition coefficient (Wildman–Crippen LogP) is 1.92. The van der Waals surface area contributed by atoms with Gasteiger partial charge in [-0.1, -0.05) is 0 Å². The van der Waals surface area contributed by atoms with Crippen molar-refractivity contribution >= 4 is 29.9 Å². The molecule has 0 spiro atoms. The van der Waals surface area contributed by atoms with E-state index in [1.54, 1.807) is 38.1 Å². The summed E-state index contributed by atoms with van der Waals surface area (Å²) in [5, 5.41) is 5.72. The summed E-state index contributed by atoms with van der Waals surface area (Å²) in [5.41, 5.74) is 6.22. The van der Waals surface area contributed by atoms with E-state index in [4.69, 9.17) is 5.73 Å². The maximum atomic E-state index is 12.0. The van der Waals surface area contributed by atoms with Gasteiger partial charge in [-0.3, -0.25) is 9.59 Å². The molecule has 4 N–H and O–H groups in total. The molecule has 116 valence electrons. The van der Waals surface area contributed by atoms with Crippen LogP contribution < -0.4 is 16.4 Å². The highest BCUT2D eigenvalue weighted by molar-refractivity contribution is 5.97. The molecule has 5 nitrogen and oxygen atoms in total. The first-order chi connectivity index (χ1) is 9.42. The molecule has 2 rings (SSSR count). The average Bonchev–Trinajstić information content (AvgIpc) is 3.23. The van der Waals surface area contributed by atoms with E-state index in [9.17, 15) is 9.59 Å². The Morgan fingerprint density at radius 1 is 1.24 bits per heavy atom. The monoisotopic (exact) mass is 311 g/mol. The van der Waals surface area contributed by atoms with E-state index in [1.807, 2.05) is 0 Å². The zero-order valence-electron chi connectivity index (χ0n) is 12.3. The maximum absolute atomic E-state index is 12.0. The molecule has 0 atom stereocenters. The van der Waals surface area contributed by atoms with Gasteiger partial charge >= 0.3 is 0 Å². The second-order valence-corrected chi connectivity index (χ2v) is 5.87. The highest BCUT2D eigenvalue weighted by Gasteiger charge is 2.26. The molecule has 0 saturated heterocycles. The Labute approximate surface area is 131 Å². The highest BCUT2D eigenvalue weighted by Crippen LogP contribution is 2.20. The molecule has 0 aromatic heterocycles. The Morgan fingerprint density at radius 2 is 1.81 bits per heavy atom. The fourth-order valence-electron chi connectivity index (χ4n) is 1.59. The minimum Gasteiger partial charge on any atom is -0.349 e. The molecule has 1 saturated carbocycles. The summed E-state index contributed by atoms with van der Waals surface area (Å²) in [7, 11) is 0. The van der Waals surface area contributed by atoms with Gasteiger partial charge in [-0.05, 0) is 51.0 Å². The Bertz CT molecular complexity index is 510. The molecule has 0 bridgehead atoms. The quantitative estimate of drug-likeness (QED) is 0.777. The minimum atomic E-state index is -0.609. The topological polar surface area (TPSA) is 84.2 Å². The third-order valence-corrected chi connectivity index (χ3v) is 3.44. The smallest absolute Gasteiger partial charge is 0.251 e. The van der Waals surface area contributed by atoms with Crippen molar-refractivity contribution in [3.05, 3.63) is 29.8 Å². The summed E-state index contributed by atoms with van der Waals surface area (Å²) >= 11 is 0. The lowest BCUT2D eigenvalue weighted by Gasteiger charge is -2.21. The lowest BCUT2D eigenvalue weighted by molar-refractivity contribution is -0.123. The number of nitrogens with two attached hydrogens (primary N) is 1. The van der Waals surface area contributed by atoms with E-state index in [-0.39, 0.29) is 30.8 Å². The number of carbonyl (C=O) groups excluding carboxylic acids is 2. The number of halogens is 1. The van der Waals surface area contributed by atoms with Crippen LogP contribution in [-0.4, -0.2) is 24.4 Å². The number of rotatable bonds is 5. The standard InChI is InChI=1S/C15H21N3O2.ClH/c1-15(2,9-16)14(20)18-12-5-3-10(4-6-12)13(19)17-11-7-8-11;/h3-6,11H,7-9,16H2,1-2H3,(H,17,19)(H,18,20);1H. The molecule has 1 aromatic carbocycles. The average molecular weight is 312 g/mol. The molecule has 0 aliphatic heterocycles. The van der Waals surface area contributed by atoms with Crippen LogP contribution in [0.5, 0.6) is 0 Å². The molecule has 2 amide bonds. The van der Waals surface area contributed by atoms with Crippen molar-refractivity contribution in [1.29, 1.82) is 0 Å². The molecule has 0 radical (unpaired) electrons. The van der Waals surface area contributed by atoms with Crippen molar-refractivity contribution in [2.45, 2.75) is 32.7 Å². The predicted molar refractivity (Wildman–Crippen MR) is 85.6 cm³/mol. The van der Waals surface area contributed by atoms with Crippen molar-refractivity contribution in [2.24, 2.45) is 11.1 Å². The van der Waals surface area contributed by atoms with Gasteiger partial charge in [0, 0.05) is 23.8 Å². The number of hydrogen-bond donors (Lipinski definition) is 3. The first kappa shape index (κ1) is 17.5. The van der Waals surface area contributed by atoms with Gasteiger partial charge in [0.25, 0.3) is 5.91 Å². The van der Waals surface area contributed by atoms with Crippen molar-refractivity contribution in [3.8, 4) is 0 Å². The summed E-state index contributed by atoms with van der Waals surface area (Å²) < 4.78 is 0. The molecule has 0 heterocycles. The molecular weight excluding hydrogens is 290 g/mol. The molecule has 6 heteroatoms. The number of amides is 2. The van der Waals surface area contributed by atoms with Crippen LogP contribution in [0.4, 0.5) is 5.69 Å². The van der Waals surface area contributed by atoms with E-state index < -0.39 is 5.41 Å². The van der Waals surface area contributed by atoms with Crippen LogP contribution in [0.3, 0.4) is 0 Å². The Morgan fingerprint density at radius 3 is 2.29 bits per heavy atom. The zero-order chi connectivity index (χ0) is 14.8.